The van der Waals surface area contributed by atoms with Crippen LogP contribution in [-0.4, -0.2) is 32.5 Å². The van der Waals surface area contributed by atoms with Crippen LogP contribution in [0.25, 0.3) is 17.1 Å². The molecule has 1 amide bonds. The van der Waals surface area contributed by atoms with E-state index >= 15 is 0 Å². The van der Waals surface area contributed by atoms with Gasteiger partial charge in [0.1, 0.15) is 5.75 Å². The average molecular weight is 382 g/mol. The van der Waals surface area contributed by atoms with E-state index in [2.05, 4.69) is 16.3 Å². The summed E-state index contributed by atoms with van der Waals surface area (Å²) < 4.78 is 7.47. The van der Waals surface area contributed by atoms with E-state index in [-0.39, 0.29) is 0 Å². The molecule has 0 unspecified atom stereocenters. The molecule has 0 radical (unpaired) electrons. The Labute approximate surface area is 162 Å². The molecule has 2 aromatic carbocycles. The molecular formula is C20H22N4O2S. The fourth-order valence-electron chi connectivity index (χ4n) is 2.62. The fraction of sp³-hybridized carbons (Fsp3) is 0.250. The SMILES string of the molecule is CCOc1ccc(-n2c(S[C@H](C)C(N)=O)nnc2-c2cccc(C)c2)cc1. The quantitative estimate of drug-likeness (QED) is 0.631. The molecule has 1 aromatic heterocycles. The molecule has 0 spiro atoms. The molecule has 7 heteroatoms. The van der Waals surface area contributed by atoms with E-state index in [4.69, 9.17) is 10.5 Å². The Morgan fingerprint density at radius 3 is 2.59 bits per heavy atom. The van der Waals surface area contributed by atoms with Crippen LogP contribution < -0.4 is 10.5 Å². The van der Waals surface area contributed by atoms with Crippen LogP contribution in [0.5, 0.6) is 5.75 Å². The number of benzene rings is 2. The number of carbonyl (C=O) groups is 1. The van der Waals surface area contributed by atoms with Crippen LogP contribution >= 0.6 is 11.8 Å². The zero-order chi connectivity index (χ0) is 19.4. The van der Waals surface area contributed by atoms with Gasteiger partial charge >= 0.3 is 0 Å². The lowest BCUT2D eigenvalue weighted by Gasteiger charge is -2.13. The van der Waals surface area contributed by atoms with Crippen molar-refractivity contribution in [2.24, 2.45) is 5.73 Å². The first-order valence-corrected chi connectivity index (χ1v) is 9.59. The van der Waals surface area contributed by atoms with Crippen molar-refractivity contribution < 1.29 is 9.53 Å². The summed E-state index contributed by atoms with van der Waals surface area (Å²) in [5, 5.41) is 8.90. The highest BCUT2D eigenvalue weighted by Crippen LogP contribution is 2.31. The molecule has 1 atom stereocenters. The number of ether oxygens (including phenoxy) is 1. The first-order valence-electron chi connectivity index (χ1n) is 8.71. The lowest BCUT2D eigenvalue weighted by Crippen LogP contribution is -2.23. The van der Waals surface area contributed by atoms with Gasteiger partial charge in [0.2, 0.25) is 5.91 Å². The first-order chi connectivity index (χ1) is 13.0. The summed E-state index contributed by atoms with van der Waals surface area (Å²) in [6.45, 7) is 6.35. The molecule has 0 aliphatic carbocycles. The minimum Gasteiger partial charge on any atom is -0.494 e. The predicted molar refractivity (Wildman–Crippen MR) is 107 cm³/mol. The highest BCUT2D eigenvalue weighted by atomic mass is 32.2. The topological polar surface area (TPSA) is 83.0 Å². The van der Waals surface area contributed by atoms with E-state index in [0.717, 1.165) is 22.6 Å². The van der Waals surface area contributed by atoms with Crippen LogP contribution in [0.4, 0.5) is 0 Å². The van der Waals surface area contributed by atoms with E-state index in [0.29, 0.717) is 17.6 Å². The van der Waals surface area contributed by atoms with Crippen LogP contribution in [0.2, 0.25) is 0 Å². The van der Waals surface area contributed by atoms with Gasteiger partial charge in [-0.25, -0.2) is 0 Å². The van der Waals surface area contributed by atoms with Crippen molar-refractivity contribution in [1.82, 2.24) is 14.8 Å². The highest BCUT2D eigenvalue weighted by molar-refractivity contribution is 8.00. The monoisotopic (exact) mass is 382 g/mol. The van der Waals surface area contributed by atoms with Gasteiger partial charge in [0.25, 0.3) is 0 Å². The lowest BCUT2D eigenvalue weighted by atomic mass is 10.1. The number of aromatic nitrogens is 3. The van der Waals surface area contributed by atoms with Gasteiger partial charge in [0.05, 0.1) is 11.9 Å². The highest BCUT2D eigenvalue weighted by Gasteiger charge is 2.20. The number of carbonyl (C=O) groups excluding carboxylic acids is 1. The molecule has 3 rings (SSSR count). The Morgan fingerprint density at radius 1 is 1.22 bits per heavy atom. The molecular weight excluding hydrogens is 360 g/mol. The molecule has 0 bridgehead atoms. The zero-order valence-corrected chi connectivity index (χ0v) is 16.4. The molecule has 2 N–H and O–H groups in total. The van der Waals surface area contributed by atoms with Gasteiger partial charge in [0.15, 0.2) is 11.0 Å². The van der Waals surface area contributed by atoms with Gasteiger partial charge in [0, 0.05) is 11.3 Å². The number of hydrogen-bond donors (Lipinski definition) is 1. The summed E-state index contributed by atoms with van der Waals surface area (Å²) in [5.41, 5.74) is 8.40. The Balaban J connectivity index is 2.09. The van der Waals surface area contributed by atoms with Crippen molar-refractivity contribution in [1.29, 1.82) is 0 Å². The maximum absolute atomic E-state index is 11.5. The largest absolute Gasteiger partial charge is 0.494 e. The summed E-state index contributed by atoms with van der Waals surface area (Å²) in [7, 11) is 0. The lowest BCUT2D eigenvalue weighted by molar-refractivity contribution is -0.117. The number of amides is 1. The van der Waals surface area contributed by atoms with Gasteiger partial charge in [-0.1, -0.05) is 35.5 Å². The Bertz CT molecular complexity index is 937. The fourth-order valence-corrected chi connectivity index (χ4v) is 3.44. The molecule has 140 valence electrons. The maximum Gasteiger partial charge on any atom is 0.230 e. The normalized spacial score (nSPS) is 12.0. The third kappa shape index (κ3) is 4.31. The number of thioether (sulfide) groups is 1. The van der Waals surface area contributed by atoms with E-state index in [9.17, 15) is 4.79 Å². The molecule has 6 nitrogen and oxygen atoms in total. The molecule has 0 saturated carbocycles. The summed E-state index contributed by atoms with van der Waals surface area (Å²) in [5.74, 6) is 1.12. The number of nitrogens with zero attached hydrogens (tertiary/aromatic N) is 3. The van der Waals surface area contributed by atoms with Crippen LogP contribution in [0.3, 0.4) is 0 Å². The molecule has 0 fully saturated rings. The van der Waals surface area contributed by atoms with Gasteiger partial charge in [-0.15, -0.1) is 10.2 Å². The van der Waals surface area contributed by atoms with Gasteiger partial charge in [-0.2, -0.15) is 0 Å². The summed E-state index contributed by atoms with van der Waals surface area (Å²) in [4.78, 5) is 11.5. The van der Waals surface area contributed by atoms with Crippen molar-refractivity contribution in [2.45, 2.75) is 31.2 Å². The minimum atomic E-state index is -0.416. The Kier molecular flexibility index (Phi) is 5.81. The van der Waals surface area contributed by atoms with Crippen molar-refractivity contribution >= 4 is 17.7 Å². The molecule has 1 heterocycles. The van der Waals surface area contributed by atoms with Crippen LogP contribution in [0.1, 0.15) is 19.4 Å². The smallest absolute Gasteiger partial charge is 0.230 e. The van der Waals surface area contributed by atoms with Crippen molar-refractivity contribution in [3.05, 3.63) is 54.1 Å². The van der Waals surface area contributed by atoms with E-state index < -0.39 is 11.2 Å². The molecule has 0 aliphatic heterocycles. The number of primary amides is 1. The van der Waals surface area contributed by atoms with Crippen LogP contribution in [0.15, 0.2) is 53.7 Å². The van der Waals surface area contributed by atoms with Crippen molar-refractivity contribution in [3.8, 4) is 22.8 Å². The molecule has 0 aliphatic rings. The third-order valence-electron chi connectivity index (χ3n) is 4.00. The van der Waals surface area contributed by atoms with Gasteiger partial charge in [-0.05, 0) is 51.1 Å². The standard InChI is InChI=1S/C20H22N4O2S/c1-4-26-17-10-8-16(9-11-17)24-19(15-7-5-6-13(2)12-15)22-23-20(24)27-14(3)18(21)25/h5-12,14H,4H2,1-3H3,(H2,21,25)/t14-/m1/s1. The Morgan fingerprint density at radius 2 is 1.96 bits per heavy atom. The first kappa shape index (κ1) is 19.0. The summed E-state index contributed by atoms with van der Waals surface area (Å²) >= 11 is 1.29. The number of rotatable bonds is 7. The molecule has 3 aromatic rings. The zero-order valence-electron chi connectivity index (χ0n) is 15.5. The maximum atomic E-state index is 11.5. The number of hydrogen-bond acceptors (Lipinski definition) is 5. The average Bonchev–Trinajstić information content (AvgIpc) is 3.06. The van der Waals surface area contributed by atoms with Gasteiger partial charge in [-0.3, -0.25) is 9.36 Å². The van der Waals surface area contributed by atoms with E-state index in [1.54, 1.807) is 6.92 Å². The number of aryl methyl sites for hydroxylation is 1. The van der Waals surface area contributed by atoms with Crippen LogP contribution in [-0.2, 0) is 4.79 Å². The number of nitrogens with two attached hydrogens (primary N) is 1. The molecule has 27 heavy (non-hydrogen) atoms. The second-order valence-electron chi connectivity index (χ2n) is 6.10. The summed E-state index contributed by atoms with van der Waals surface area (Å²) in [6, 6.07) is 15.8. The Hall–Kier alpha value is -2.80. The summed E-state index contributed by atoms with van der Waals surface area (Å²) in [6.07, 6.45) is 0. The van der Waals surface area contributed by atoms with Crippen LogP contribution in [0, 0.1) is 6.92 Å². The second kappa shape index (κ2) is 8.26. The second-order valence-corrected chi connectivity index (χ2v) is 7.41. The van der Waals surface area contributed by atoms with Crippen molar-refractivity contribution in [3.63, 3.8) is 0 Å². The van der Waals surface area contributed by atoms with E-state index in [1.165, 1.54) is 11.8 Å². The van der Waals surface area contributed by atoms with Gasteiger partial charge < -0.3 is 10.5 Å². The third-order valence-corrected chi connectivity index (χ3v) is 5.06. The molecule has 0 saturated heterocycles. The van der Waals surface area contributed by atoms with E-state index in [1.807, 2.05) is 60.9 Å². The van der Waals surface area contributed by atoms with Crippen molar-refractivity contribution in [2.75, 3.05) is 6.61 Å². The minimum absolute atomic E-state index is 0.390. The predicted octanol–water partition coefficient (Wildman–Crippen LogP) is 3.61.